The van der Waals surface area contributed by atoms with Crippen LogP contribution in [0.3, 0.4) is 0 Å². The molecular weight excluding hydrogens is 122 g/mol. The van der Waals surface area contributed by atoms with Crippen LogP contribution in [0.15, 0.2) is 0 Å². The van der Waals surface area contributed by atoms with Crippen LogP contribution in [0.2, 0.25) is 0 Å². The van der Waals surface area contributed by atoms with Gasteiger partial charge >= 0.3 is 0 Å². The van der Waals surface area contributed by atoms with Crippen molar-refractivity contribution in [3.63, 3.8) is 0 Å². The minimum atomic E-state index is 0.454. The zero-order chi connectivity index (χ0) is 7.14. The molecule has 0 aromatic heterocycles. The molecule has 2 fully saturated rings. The Hall–Kier alpha value is -0.0400. The van der Waals surface area contributed by atoms with E-state index < -0.39 is 0 Å². The number of nitrogens with two attached hydrogens (primary N) is 1. The number of hydrogen-bond acceptors (Lipinski definition) is 1. The third-order valence-electron chi connectivity index (χ3n) is 3.47. The fraction of sp³-hybridized carbons (Fsp3) is 1.00. The number of fused-ring (bicyclic) bond motifs is 2. The van der Waals surface area contributed by atoms with Gasteiger partial charge in [-0.3, -0.25) is 0 Å². The second-order valence-electron chi connectivity index (χ2n) is 4.20. The molecule has 0 radical (unpaired) electrons. The number of rotatable bonds is 1. The molecule has 2 N–H and O–H groups in total. The number of hydrogen-bond donors (Lipinski definition) is 1. The summed E-state index contributed by atoms with van der Waals surface area (Å²) in [5.74, 6) is 2.93. The highest BCUT2D eigenvalue weighted by Crippen LogP contribution is 2.49. The van der Waals surface area contributed by atoms with Gasteiger partial charge in [-0.05, 0) is 43.9 Å². The molecule has 0 amide bonds. The fourth-order valence-electron chi connectivity index (χ4n) is 2.94. The Kier molecular flexibility index (Phi) is 1.48. The van der Waals surface area contributed by atoms with Gasteiger partial charge < -0.3 is 5.73 Å². The van der Waals surface area contributed by atoms with Crippen molar-refractivity contribution in [2.45, 2.75) is 38.6 Å². The summed E-state index contributed by atoms with van der Waals surface area (Å²) in [4.78, 5) is 0. The minimum Gasteiger partial charge on any atom is -0.328 e. The van der Waals surface area contributed by atoms with E-state index in [9.17, 15) is 0 Å². The van der Waals surface area contributed by atoms with E-state index in [1.165, 1.54) is 25.7 Å². The van der Waals surface area contributed by atoms with Crippen LogP contribution < -0.4 is 5.73 Å². The van der Waals surface area contributed by atoms with Crippen LogP contribution in [0, 0.1) is 17.8 Å². The predicted molar refractivity (Wildman–Crippen MR) is 42.6 cm³/mol. The van der Waals surface area contributed by atoms with Gasteiger partial charge in [-0.25, -0.2) is 0 Å². The summed E-state index contributed by atoms with van der Waals surface area (Å²) in [5, 5.41) is 0. The summed E-state index contributed by atoms with van der Waals surface area (Å²) in [6, 6.07) is 0.454. The molecule has 58 valence electrons. The smallest absolute Gasteiger partial charge is 0.00415 e. The Bertz CT molecular complexity index is 131. The Balaban J connectivity index is 2.02. The fourth-order valence-corrected chi connectivity index (χ4v) is 2.94. The first-order chi connectivity index (χ1) is 4.77. The zero-order valence-electron chi connectivity index (χ0n) is 6.72. The maximum Gasteiger partial charge on any atom is 0.00415 e. The van der Waals surface area contributed by atoms with E-state index in [1.54, 1.807) is 0 Å². The van der Waals surface area contributed by atoms with Gasteiger partial charge in [-0.2, -0.15) is 0 Å². The summed E-state index contributed by atoms with van der Waals surface area (Å²) in [6.07, 6.45) is 5.89. The molecule has 10 heavy (non-hydrogen) atoms. The van der Waals surface area contributed by atoms with Crippen LogP contribution in [-0.4, -0.2) is 6.04 Å². The van der Waals surface area contributed by atoms with Crippen molar-refractivity contribution in [1.29, 1.82) is 0 Å². The lowest BCUT2D eigenvalue weighted by Crippen LogP contribution is -2.30. The second kappa shape index (κ2) is 2.23. The van der Waals surface area contributed by atoms with E-state index in [1.807, 2.05) is 0 Å². The Morgan fingerprint density at radius 2 is 2.10 bits per heavy atom. The van der Waals surface area contributed by atoms with E-state index in [2.05, 4.69) is 6.92 Å². The standard InChI is InChI=1S/C9H17N/c1-6(10)9-5-7-2-3-8(9)4-7/h6-9H,2-5,10H2,1H3/t6?,7-,8+,9?/m0/s1. The molecule has 2 aliphatic carbocycles. The van der Waals surface area contributed by atoms with Gasteiger partial charge in [-0.15, -0.1) is 0 Å². The van der Waals surface area contributed by atoms with Crippen molar-refractivity contribution < 1.29 is 0 Å². The summed E-state index contributed by atoms with van der Waals surface area (Å²) in [6.45, 7) is 2.17. The highest BCUT2D eigenvalue weighted by atomic mass is 14.7. The van der Waals surface area contributed by atoms with Gasteiger partial charge in [0.25, 0.3) is 0 Å². The van der Waals surface area contributed by atoms with Gasteiger partial charge in [0.2, 0.25) is 0 Å². The molecule has 0 aliphatic heterocycles. The Morgan fingerprint density at radius 3 is 2.40 bits per heavy atom. The molecule has 2 unspecified atom stereocenters. The average Bonchev–Trinajstić information content (AvgIpc) is 2.44. The zero-order valence-corrected chi connectivity index (χ0v) is 6.72. The van der Waals surface area contributed by atoms with Crippen LogP contribution in [0.5, 0.6) is 0 Å². The van der Waals surface area contributed by atoms with E-state index >= 15 is 0 Å². The van der Waals surface area contributed by atoms with Crippen LogP contribution in [0.1, 0.15) is 32.6 Å². The van der Waals surface area contributed by atoms with Gasteiger partial charge in [0.05, 0.1) is 0 Å². The largest absolute Gasteiger partial charge is 0.328 e. The lowest BCUT2D eigenvalue weighted by molar-refractivity contribution is 0.293. The minimum absolute atomic E-state index is 0.454. The first-order valence-corrected chi connectivity index (χ1v) is 4.53. The Morgan fingerprint density at radius 1 is 1.30 bits per heavy atom. The monoisotopic (exact) mass is 139 g/mol. The predicted octanol–water partition coefficient (Wildman–Crippen LogP) is 1.77. The van der Waals surface area contributed by atoms with Crippen LogP contribution in [0.4, 0.5) is 0 Å². The van der Waals surface area contributed by atoms with Crippen molar-refractivity contribution in [1.82, 2.24) is 0 Å². The third-order valence-corrected chi connectivity index (χ3v) is 3.47. The van der Waals surface area contributed by atoms with Crippen molar-refractivity contribution in [3.8, 4) is 0 Å². The van der Waals surface area contributed by atoms with Crippen molar-refractivity contribution in [2.24, 2.45) is 23.5 Å². The third kappa shape index (κ3) is 0.878. The topological polar surface area (TPSA) is 26.0 Å². The van der Waals surface area contributed by atoms with E-state index in [4.69, 9.17) is 5.73 Å². The molecule has 1 nitrogen and oxygen atoms in total. The Labute approximate surface area is 63.0 Å². The van der Waals surface area contributed by atoms with Gasteiger partial charge in [0.1, 0.15) is 0 Å². The summed E-state index contributed by atoms with van der Waals surface area (Å²) >= 11 is 0. The summed E-state index contributed by atoms with van der Waals surface area (Å²) in [7, 11) is 0. The molecule has 4 atom stereocenters. The molecule has 0 saturated heterocycles. The van der Waals surface area contributed by atoms with E-state index in [-0.39, 0.29) is 0 Å². The van der Waals surface area contributed by atoms with Crippen LogP contribution in [0.25, 0.3) is 0 Å². The highest BCUT2D eigenvalue weighted by molar-refractivity contribution is 4.92. The molecule has 2 rings (SSSR count). The van der Waals surface area contributed by atoms with Gasteiger partial charge in [0.15, 0.2) is 0 Å². The maximum absolute atomic E-state index is 5.88. The van der Waals surface area contributed by atoms with Gasteiger partial charge in [0, 0.05) is 6.04 Å². The summed E-state index contributed by atoms with van der Waals surface area (Å²) in [5.41, 5.74) is 5.88. The molecule has 0 spiro atoms. The SMILES string of the molecule is CC(N)C1C[C@H]2CC[C@@H]1C2. The molecule has 2 bridgehead atoms. The molecule has 2 aliphatic rings. The lowest BCUT2D eigenvalue weighted by atomic mass is 9.84. The molecule has 1 heteroatoms. The van der Waals surface area contributed by atoms with Crippen LogP contribution >= 0.6 is 0 Å². The molecule has 0 aromatic rings. The lowest BCUT2D eigenvalue weighted by Gasteiger charge is -2.24. The second-order valence-corrected chi connectivity index (χ2v) is 4.20. The first-order valence-electron chi connectivity index (χ1n) is 4.53. The van der Waals surface area contributed by atoms with Gasteiger partial charge in [-0.1, -0.05) is 6.42 Å². The van der Waals surface area contributed by atoms with Crippen LogP contribution in [-0.2, 0) is 0 Å². The van der Waals surface area contributed by atoms with Crippen molar-refractivity contribution in [3.05, 3.63) is 0 Å². The summed E-state index contributed by atoms with van der Waals surface area (Å²) < 4.78 is 0. The normalized spacial score (nSPS) is 48.0. The molecule has 0 heterocycles. The average molecular weight is 139 g/mol. The van der Waals surface area contributed by atoms with Crippen molar-refractivity contribution >= 4 is 0 Å². The molecule has 2 saturated carbocycles. The quantitative estimate of drug-likeness (QED) is 0.588. The van der Waals surface area contributed by atoms with E-state index in [0.717, 1.165) is 17.8 Å². The highest BCUT2D eigenvalue weighted by Gasteiger charge is 2.40. The maximum atomic E-state index is 5.88. The van der Waals surface area contributed by atoms with E-state index in [0.29, 0.717) is 6.04 Å². The first kappa shape index (κ1) is 6.66. The molecule has 0 aromatic carbocycles. The van der Waals surface area contributed by atoms with Crippen molar-refractivity contribution in [2.75, 3.05) is 0 Å². The molecular formula is C9H17N.